The van der Waals surface area contributed by atoms with Gasteiger partial charge in [-0.2, -0.15) is 5.48 Å². The Labute approximate surface area is 87.8 Å². The van der Waals surface area contributed by atoms with Gasteiger partial charge in [0.1, 0.15) is 0 Å². The molecule has 0 saturated carbocycles. The quantitative estimate of drug-likeness (QED) is 0.683. The molecule has 84 valence electrons. The highest BCUT2D eigenvalue weighted by atomic mass is 16.6. The molecular formula is C11H24N2O. The van der Waals surface area contributed by atoms with E-state index >= 15 is 0 Å². The fourth-order valence-corrected chi connectivity index (χ4v) is 2.30. The van der Waals surface area contributed by atoms with Crippen molar-refractivity contribution in [3.8, 4) is 0 Å². The van der Waals surface area contributed by atoms with Crippen LogP contribution in [0.1, 0.15) is 33.1 Å². The summed E-state index contributed by atoms with van der Waals surface area (Å²) in [4.78, 5) is 7.55. The van der Waals surface area contributed by atoms with Crippen molar-refractivity contribution in [2.75, 3.05) is 26.7 Å². The maximum absolute atomic E-state index is 4.98. The molecule has 1 aliphatic heterocycles. The summed E-state index contributed by atoms with van der Waals surface area (Å²) in [5.41, 5.74) is 3.05. The smallest absolute Gasteiger partial charge is 0.0572 e. The molecule has 1 saturated heterocycles. The average molecular weight is 200 g/mol. The van der Waals surface area contributed by atoms with Crippen LogP contribution in [0.5, 0.6) is 0 Å². The largest absolute Gasteiger partial charge is 0.305 e. The van der Waals surface area contributed by atoms with E-state index in [9.17, 15) is 0 Å². The summed E-state index contributed by atoms with van der Waals surface area (Å²) < 4.78 is 0. The SMILES string of the molecule is CCCN1CCCC(C(C)NOC)C1. The van der Waals surface area contributed by atoms with Crippen molar-refractivity contribution in [2.24, 2.45) is 5.92 Å². The predicted molar refractivity (Wildman–Crippen MR) is 59.1 cm³/mol. The predicted octanol–water partition coefficient (Wildman–Crippen LogP) is 1.65. The Bertz CT molecular complexity index is 146. The normalized spacial score (nSPS) is 26.4. The van der Waals surface area contributed by atoms with E-state index in [0.717, 1.165) is 5.92 Å². The van der Waals surface area contributed by atoms with Crippen LogP contribution in [0.2, 0.25) is 0 Å². The lowest BCUT2D eigenvalue weighted by atomic mass is 9.92. The van der Waals surface area contributed by atoms with Gasteiger partial charge >= 0.3 is 0 Å². The van der Waals surface area contributed by atoms with Gasteiger partial charge in [0.15, 0.2) is 0 Å². The number of nitrogens with zero attached hydrogens (tertiary/aromatic N) is 1. The number of hydrogen-bond donors (Lipinski definition) is 1. The van der Waals surface area contributed by atoms with Gasteiger partial charge in [-0.3, -0.25) is 0 Å². The molecule has 0 spiro atoms. The van der Waals surface area contributed by atoms with Crippen LogP contribution in [0.3, 0.4) is 0 Å². The Balaban J connectivity index is 2.31. The number of hydrogen-bond acceptors (Lipinski definition) is 3. The first kappa shape index (κ1) is 12.0. The molecule has 3 nitrogen and oxygen atoms in total. The summed E-state index contributed by atoms with van der Waals surface area (Å²) in [6.45, 7) is 8.22. The zero-order valence-corrected chi connectivity index (χ0v) is 9.75. The molecule has 2 unspecified atom stereocenters. The molecular weight excluding hydrogens is 176 g/mol. The summed E-state index contributed by atoms with van der Waals surface area (Å²) in [5, 5.41) is 0. The molecule has 1 aliphatic rings. The highest BCUT2D eigenvalue weighted by molar-refractivity contribution is 4.78. The first-order valence-corrected chi connectivity index (χ1v) is 5.78. The second-order valence-corrected chi connectivity index (χ2v) is 4.31. The lowest BCUT2D eigenvalue weighted by molar-refractivity contribution is 0.0291. The molecule has 0 aliphatic carbocycles. The third-order valence-electron chi connectivity index (χ3n) is 3.09. The summed E-state index contributed by atoms with van der Waals surface area (Å²) >= 11 is 0. The van der Waals surface area contributed by atoms with Crippen molar-refractivity contribution < 1.29 is 4.84 Å². The van der Waals surface area contributed by atoms with E-state index in [1.165, 1.54) is 38.9 Å². The topological polar surface area (TPSA) is 24.5 Å². The Morgan fingerprint density at radius 2 is 2.36 bits per heavy atom. The molecule has 2 atom stereocenters. The molecule has 0 amide bonds. The minimum atomic E-state index is 0.472. The van der Waals surface area contributed by atoms with Gasteiger partial charge in [0, 0.05) is 12.6 Å². The number of nitrogens with one attached hydrogen (secondary N) is 1. The maximum atomic E-state index is 4.98. The Morgan fingerprint density at radius 1 is 1.57 bits per heavy atom. The fourth-order valence-electron chi connectivity index (χ4n) is 2.30. The van der Waals surface area contributed by atoms with Gasteiger partial charge in [-0.15, -0.1) is 0 Å². The van der Waals surface area contributed by atoms with E-state index in [-0.39, 0.29) is 0 Å². The van der Waals surface area contributed by atoms with Gasteiger partial charge in [0.25, 0.3) is 0 Å². The van der Waals surface area contributed by atoms with E-state index in [0.29, 0.717) is 6.04 Å². The monoisotopic (exact) mass is 200 g/mol. The van der Waals surface area contributed by atoms with Crippen LogP contribution in [-0.4, -0.2) is 37.7 Å². The molecule has 1 heterocycles. The number of rotatable bonds is 5. The van der Waals surface area contributed by atoms with E-state index in [4.69, 9.17) is 4.84 Å². The lowest BCUT2D eigenvalue weighted by Gasteiger charge is -2.35. The van der Waals surface area contributed by atoms with E-state index < -0.39 is 0 Å². The standard InChI is InChI=1S/C11H24N2O/c1-4-7-13-8-5-6-11(9-13)10(2)12-14-3/h10-12H,4-9H2,1-3H3. The molecule has 0 aromatic rings. The minimum absolute atomic E-state index is 0.472. The number of hydroxylamine groups is 1. The Kier molecular flexibility index (Phi) is 5.45. The summed E-state index contributed by atoms with van der Waals surface area (Å²) in [7, 11) is 1.70. The van der Waals surface area contributed by atoms with Crippen molar-refractivity contribution in [1.82, 2.24) is 10.4 Å². The molecule has 0 aromatic carbocycles. The summed E-state index contributed by atoms with van der Waals surface area (Å²) in [5.74, 6) is 0.746. The van der Waals surface area contributed by atoms with Gasteiger partial charge in [-0.1, -0.05) is 6.92 Å². The lowest BCUT2D eigenvalue weighted by Crippen LogP contribution is -2.44. The maximum Gasteiger partial charge on any atom is 0.0572 e. The molecule has 1 fully saturated rings. The minimum Gasteiger partial charge on any atom is -0.305 e. The van der Waals surface area contributed by atoms with Crippen LogP contribution in [0.15, 0.2) is 0 Å². The van der Waals surface area contributed by atoms with Gasteiger partial charge in [0.05, 0.1) is 7.11 Å². The molecule has 1 N–H and O–H groups in total. The molecule has 0 bridgehead atoms. The van der Waals surface area contributed by atoms with Crippen LogP contribution in [0, 0.1) is 5.92 Å². The number of likely N-dealkylation sites (tertiary alicyclic amines) is 1. The Hall–Kier alpha value is -0.120. The highest BCUT2D eigenvalue weighted by Gasteiger charge is 2.23. The number of piperidine rings is 1. The van der Waals surface area contributed by atoms with Crippen molar-refractivity contribution in [1.29, 1.82) is 0 Å². The molecule has 1 rings (SSSR count). The Morgan fingerprint density at radius 3 is 3.00 bits per heavy atom. The second kappa shape index (κ2) is 6.38. The molecule has 14 heavy (non-hydrogen) atoms. The first-order valence-electron chi connectivity index (χ1n) is 5.78. The average Bonchev–Trinajstić information content (AvgIpc) is 2.19. The second-order valence-electron chi connectivity index (χ2n) is 4.31. The third kappa shape index (κ3) is 3.56. The van der Waals surface area contributed by atoms with Gasteiger partial charge < -0.3 is 9.74 Å². The van der Waals surface area contributed by atoms with Crippen molar-refractivity contribution >= 4 is 0 Å². The zero-order chi connectivity index (χ0) is 10.4. The van der Waals surface area contributed by atoms with Gasteiger partial charge in [0.2, 0.25) is 0 Å². The molecule has 0 radical (unpaired) electrons. The highest BCUT2D eigenvalue weighted by Crippen LogP contribution is 2.19. The van der Waals surface area contributed by atoms with Gasteiger partial charge in [-0.25, -0.2) is 0 Å². The van der Waals surface area contributed by atoms with Crippen LogP contribution < -0.4 is 5.48 Å². The summed E-state index contributed by atoms with van der Waals surface area (Å²) in [6.07, 6.45) is 3.93. The zero-order valence-electron chi connectivity index (χ0n) is 9.75. The first-order chi connectivity index (χ1) is 6.77. The molecule has 0 aromatic heterocycles. The van der Waals surface area contributed by atoms with E-state index in [1.54, 1.807) is 7.11 Å². The van der Waals surface area contributed by atoms with E-state index in [2.05, 4.69) is 24.2 Å². The van der Waals surface area contributed by atoms with E-state index in [1.807, 2.05) is 0 Å². The summed E-state index contributed by atoms with van der Waals surface area (Å²) in [6, 6.07) is 0.472. The fraction of sp³-hybridized carbons (Fsp3) is 1.00. The van der Waals surface area contributed by atoms with Crippen molar-refractivity contribution in [3.63, 3.8) is 0 Å². The van der Waals surface area contributed by atoms with Crippen LogP contribution >= 0.6 is 0 Å². The van der Waals surface area contributed by atoms with Crippen LogP contribution in [-0.2, 0) is 4.84 Å². The molecule has 3 heteroatoms. The van der Waals surface area contributed by atoms with Crippen LogP contribution in [0.4, 0.5) is 0 Å². The van der Waals surface area contributed by atoms with Crippen molar-refractivity contribution in [3.05, 3.63) is 0 Å². The van der Waals surface area contributed by atoms with Gasteiger partial charge in [-0.05, 0) is 45.2 Å². The van der Waals surface area contributed by atoms with Crippen LogP contribution in [0.25, 0.3) is 0 Å². The van der Waals surface area contributed by atoms with Crippen molar-refractivity contribution in [2.45, 2.75) is 39.2 Å². The third-order valence-corrected chi connectivity index (χ3v) is 3.09.